The van der Waals surface area contributed by atoms with E-state index in [9.17, 15) is 23.1 Å². The van der Waals surface area contributed by atoms with Crippen LogP contribution in [0, 0.1) is 5.92 Å². The lowest BCUT2D eigenvalue weighted by Gasteiger charge is -2.25. The highest BCUT2D eigenvalue weighted by molar-refractivity contribution is 7.92. The molecule has 1 fully saturated rings. The lowest BCUT2D eigenvalue weighted by molar-refractivity contribution is -0.131. The summed E-state index contributed by atoms with van der Waals surface area (Å²) >= 11 is 0. The van der Waals surface area contributed by atoms with Crippen molar-refractivity contribution < 1.29 is 23.5 Å². The lowest BCUT2D eigenvalue weighted by Crippen LogP contribution is -2.49. The number of aromatic nitrogens is 1. The number of amides is 1. The number of aliphatic hydroxyl groups excluding tert-OH is 1. The Kier molecular flexibility index (Phi) is 7.22. The third-order valence-corrected chi connectivity index (χ3v) is 8.77. The van der Waals surface area contributed by atoms with Gasteiger partial charge < -0.3 is 9.67 Å². The standard InChI is InChI=1S/C23H30N2O6S/c1-23(22(28)24-29,32(2,30)31)10-12-25-11-9-20(14-21(25)27)18-7-5-17(6-8-18)19-4-3-16(13-19)15-26/h5-9,11,14,16,19,26,29H,3-4,10,12-13,15H2,1-2H3,(H,24,28). The number of hydrogen-bond acceptors (Lipinski definition) is 6. The van der Waals surface area contributed by atoms with Gasteiger partial charge in [0.25, 0.3) is 11.5 Å². The van der Waals surface area contributed by atoms with Crippen molar-refractivity contribution in [2.24, 2.45) is 5.92 Å². The van der Waals surface area contributed by atoms with Gasteiger partial charge >= 0.3 is 0 Å². The van der Waals surface area contributed by atoms with Crippen molar-refractivity contribution in [2.75, 3.05) is 12.9 Å². The molecular weight excluding hydrogens is 432 g/mol. The van der Waals surface area contributed by atoms with E-state index in [0.29, 0.717) is 11.8 Å². The van der Waals surface area contributed by atoms with Crippen LogP contribution in [0.3, 0.4) is 0 Å². The maximum atomic E-state index is 12.6. The molecule has 0 bridgehead atoms. The summed E-state index contributed by atoms with van der Waals surface area (Å²) in [6, 6.07) is 11.3. The van der Waals surface area contributed by atoms with Gasteiger partial charge in [-0.05, 0) is 67.2 Å². The maximum Gasteiger partial charge on any atom is 0.264 e. The van der Waals surface area contributed by atoms with E-state index in [1.807, 2.05) is 12.1 Å². The highest BCUT2D eigenvalue weighted by atomic mass is 32.2. The van der Waals surface area contributed by atoms with Crippen LogP contribution < -0.4 is 11.0 Å². The number of nitrogens with one attached hydrogen (secondary N) is 1. The van der Waals surface area contributed by atoms with Crippen molar-refractivity contribution in [2.45, 2.75) is 49.8 Å². The molecule has 1 aliphatic carbocycles. The smallest absolute Gasteiger partial charge is 0.264 e. The number of benzene rings is 1. The van der Waals surface area contributed by atoms with Gasteiger partial charge in [0.15, 0.2) is 14.6 Å². The van der Waals surface area contributed by atoms with E-state index in [-0.39, 0.29) is 25.1 Å². The summed E-state index contributed by atoms with van der Waals surface area (Å²) in [5.74, 6) is -0.202. The molecule has 0 aliphatic heterocycles. The molecule has 1 saturated carbocycles. The summed E-state index contributed by atoms with van der Waals surface area (Å²) in [5, 5.41) is 18.3. The second-order valence-electron chi connectivity index (χ2n) is 8.82. The Labute approximate surface area is 187 Å². The summed E-state index contributed by atoms with van der Waals surface area (Å²) in [4.78, 5) is 24.5. The molecule has 8 nitrogen and oxygen atoms in total. The number of aliphatic hydroxyl groups is 1. The molecule has 1 aromatic heterocycles. The zero-order chi connectivity index (χ0) is 23.5. The lowest BCUT2D eigenvalue weighted by atomic mass is 9.94. The molecule has 1 heterocycles. The van der Waals surface area contributed by atoms with E-state index >= 15 is 0 Å². The van der Waals surface area contributed by atoms with Gasteiger partial charge in [-0.3, -0.25) is 14.8 Å². The molecule has 3 unspecified atom stereocenters. The zero-order valence-corrected chi connectivity index (χ0v) is 19.1. The average Bonchev–Trinajstić information content (AvgIpc) is 3.26. The molecule has 32 heavy (non-hydrogen) atoms. The van der Waals surface area contributed by atoms with Gasteiger partial charge in [-0.1, -0.05) is 24.3 Å². The Hall–Kier alpha value is -2.49. The van der Waals surface area contributed by atoms with Crippen molar-refractivity contribution in [1.29, 1.82) is 0 Å². The van der Waals surface area contributed by atoms with Crippen LogP contribution >= 0.6 is 0 Å². The topological polar surface area (TPSA) is 126 Å². The van der Waals surface area contributed by atoms with E-state index in [1.54, 1.807) is 12.3 Å². The van der Waals surface area contributed by atoms with Crippen LogP contribution in [0.1, 0.15) is 44.1 Å². The number of carbonyl (C=O) groups is 1. The molecule has 0 spiro atoms. The molecule has 2 aromatic rings. The Morgan fingerprint density at radius 2 is 1.88 bits per heavy atom. The van der Waals surface area contributed by atoms with Crippen LogP contribution in [0.15, 0.2) is 47.4 Å². The Balaban J connectivity index is 1.74. The SMILES string of the molecule is CC(CCn1ccc(-c2ccc(C3CCC(CO)C3)cc2)cc1=O)(C(=O)NO)S(C)(=O)=O. The van der Waals surface area contributed by atoms with Crippen LogP contribution in [0.2, 0.25) is 0 Å². The molecule has 3 atom stereocenters. The first kappa shape index (κ1) is 24.2. The summed E-state index contributed by atoms with van der Waals surface area (Å²) in [6.45, 7) is 1.46. The van der Waals surface area contributed by atoms with Crippen LogP contribution in [-0.2, 0) is 21.2 Å². The second kappa shape index (κ2) is 9.56. The van der Waals surface area contributed by atoms with E-state index in [1.165, 1.54) is 28.6 Å². The molecular formula is C23H30N2O6S. The van der Waals surface area contributed by atoms with Gasteiger partial charge in [-0.15, -0.1) is 0 Å². The molecule has 0 saturated heterocycles. The van der Waals surface area contributed by atoms with Crippen LogP contribution in [0.25, 0.3) is 11.1 Å². The zero-order valence-electron chi connectivity index (χ0n) is 18.3. The first-order chi connectivity index (χ1) is 15.1. The summed E-state index contributed by atoms with van der Waals surface area (Å²) < 4.78 is 23.7. The molecule has 1 aliphatic rings. The quantitative estimate of drug-likeness (QED) is 0.407. The molecule has 3 rings (SSSR count). The third kappa shape index (κ3) is 4.95. The molecule has 1 aromatic carbocycles. The van der Waals surface area contributed by atoms with Crippen LogP contribution in [-0.4, -0.2) is 46.8 Å². The third-order valence-electron chi connectivity index (χ3n) is 6.74. The van der Waals surface area contributed by atoms with E-state index in [4.69, 9.17) is 5.21 Å². The molecule has 174 valence electrons. The van der Waals surface area contributed by atoms with Gasteiger partial charge in [0.05, 0.1) is 0 Å². The van der Waals surface area contributed by atoms with Crippen molar-refractivity contribution >= 4 is 15.7 Å². The molecule has 1 amide bonds. The number of sulfone groups is 1. The Morgan fingerprint density at radius 3 is 2.41 bits per heavy atom. The number of rotatable bonds is 8. The van der Waals surface area contributed by atoms with Gasteiger partial charge in [-0.2, -0.15) is 0 Å². The minimum Gasteiger partial charge on any atom is -0.396 e. The number of hydroxylamine groups is 1. The normalized spacial score (nSPS) is 20.6. The molecule has 0 radical (unpaired) electrons. The predicted octanol–water partition coefficient (Wildman–Crippen LogP) is 2.09. The van der Waals surface area contributed by atoms with E-state index in [0.717, 1.165) is 36.6 Å². The fraction of sp³-hybridized carbons (Fsp3) is 0.478. The highest BCUT2D eigenvalue weighted by Crippen LogP contribution is 2.38. The highest BCUT2D eigenvalue weighted by Gasteiger charge is 2.43. The number of nitrogens with zero attached hydrogens (tertiary/aromatic N) is 1. The fourth-order valence-corrected chi connectivity index (χ4v) is 5.13. The van der Waals surface area contributed by atoms with Crippen LogP contribution in [0.5, 0.6) is 0 Å². The average molecular weight is 463 g/mol. The van der Waals surface area contributed by atoms with Gasteiger partial charge in [0, 0.05) is 31.7 Å². The second-order valence-corrected chi connectivity index (χ2v) is 11.3. The van der Waals surface area contributed by atoms with Crippen molar-refractivity contribution in [1.82, 2.24) is 10.0 Å². The monoisotopic (exact) mass is 462 g/mol. The number of carbonyl (C=O) groups excluding carboxylic acids is 1. The Bertz CT molecular complexity index is 1130. The van der Waals surface area contributed by atoms with E-state index in [2.05, 4.69) is 12.1 Å². The molecule has 3 N–H and O–H groups in total. The van der Waals surface area contributed by atoms with Gasteiger partial charge in [-0.25, -0.2) is 13.9 Å². The van der Waals surface area contributed by atoms with Gasteiger partial charge in [0.1, 0.15) is 0 Å². The van der Waals surface area contributed by atoms with Crippen LogP contribution in [0.4, 0.5) is 0 Å². The maximum absolute atomic E-state index is 12.6. The minimum absolute atomic E-state index is 0.00272. The molecule has 9 heteroatoms. The first-order valence-electron chi connectivity index (χ1n) is 10.6. The number of pyridine rings is 1. The van der Waals surface area contributed by atoms with Gasteiger partial charge in [0.2, 0.25) is 0 Å². The summed E-state index contributed by atoms with van der Waals surface area (Å²) in [5.41, 5.74) is 3.98. The number of hydrogen-bond donors (Lipinski definition) is 3. The summed E-state index contributed by atoms with van der Waals surface area (Å²) in [7, 11) is -3.83. The minimum atomic E-state index is -3.83. The van der Waals surface area contributed by atoms with Crippen molar-refractivity contribution in [3.8, 4) is 11.1 Å². The van der Waals surface area contributed by atoms with E-state index < -0.39 is 20.5 Å². The fourth-order valence-electron chi connectivity index (χ4n) is 4.28. The summed E-state index contributed by atoms with van der Waals surface area (Å²) in [6.07, 6.45) is 5.44. The van der Waals surface area contributed by atoms with Crippen molar-refractivity contribution in [3.63, 3.8) is 0 Å². The number of aryl methyl sites for hydroxylation is 1. The Morgan fingerprint density at radius 1 is 1.19 bits per heavy atom. The first-order valence-corrected chi connectivity index (χ1v) is 12.5. The van der Waals surface area contributed by atoms with Crippen molar-refractivity contribution in [3.05, 3.63) is 58.5 Å². The predicted molar refractivity (Wildman–Crippen MR) is 121 cm³/mol. The largest absolute Gasteiger partial charge is 0.396 e.